The number of fused-ring (bicyclic) bond motifs is 1. The summed E-state index contributed by atoms with van der Waals surface area (Å²) in [6.07, 6.45) is 3.87. The number of carbonyl (C=O) groups is 2. The third kappa shape index (κ3) is 3.88. The number of thiophene rings is 1. The zero-order chi connectivity index (χ0) is 16.2. The summed E-state index contributed by atoms with van der Waals surface area (Å²) >= 11 is 1.62. The van der Waals surface area contributed by atoms with E-state index in [9.17, 15) is 9.59 Å². The van der Waals surface area contributed by atoms with Crippen molar-refractivity contribution in [2.24, 2.45) is 0 Å². The van der Waals surface area contributed by atoms with Crippen molar-refractivity contribution in [3.63, 3.8) is 0 Å². The van der Waals surface area contributed by atoms with Crippen LogP contribution in [0.15, 0.2) is 35.7 Å². The fraction of sp³-hybridized carbons (Fsp3) is 0.368. The lowest BCUT2D eigenvalue weighted by Gasteiger charge is -2.12. The Labute approximate surface area is 140 Å². The van der Waals surface area contributed by atoms with Gasteiger partial charge in [-0.2, -0.15) is 0 Å². The van der Waals surface area contributed by atoms with Gasteiger partial charge >= 0.3 is 0 Å². The van der Waals surface area contributed by atoms with E-state index in [0.29, 0.717) is 0 Å². The number of rotatable bonds is 6. The molecule has 0 fully saturated rings. The number of hydrogen-bond donors (Lipinski definition) is 1. The summed E-state index contributed by atoms with van der Waals surface area (Å²) in [5.41, 5.74) is 3.40. The number of benzene rings is 1. The van der Waals surface area contributed by atoms with Crippen LogP contribution in [0, 0.1) is 0 Å². The van der Waals surface area contributed by atoms with Crippen LogP contribution in [0.1, 0.15) is 58.6 Å². The predicted molar refractivity (Wildman–Crippen MR) is 92.9 cm³/mol. The molecule has 0 saturated carbocycles. The topological polar surface area (TPSA) is 46.2 Å². The van der Waals surface area contributed by atoms with Crippen LogP contribution in [0.3, 0.4) is 0 Å². The van der Waals surface area contributed by atoms with Crippen LogP contribution in [0.2, 0.25) is 0 Å². The van der Waals surface area contributed by atoms with E-state index in [2.05, 4.69) is 11.4 Å². The summed E-state index contributed by atoms with van der Waals surface area (Å²) in [6, 6.07) is 9.95. The van der Waals surface area contributed by atoms with Crippen LogP contribution in [0.25, 0.3) is 0 Å². The largest absolute Gasteiger partial charge is 0.349 e. The van der Waals surface area contributed by atoms with E-state index < -0.39 is 0 Å². The minimum Gasteiger partial charge on any atom is -0.349 e. The molecule has 1 atom stereocenters. The van der Waals surface area contributed by atoms with Crippen LogP contribution in [0.5, 0.6) is 0 Å². The third-order valence-electron chi connectivity index (χ3n) is 4.35. The average molecular weight is 327 g/mol. The molecule has 0 radical (unpaired) electrons. The molecule has 1 aliphatic carbocycles. The molecule has 1 N–H and O–H groups in total. The van der Waals surface area contributed by atoms with Crippen LogP contribution >= 0.6 is 11.3 Å². The Kier molecular flexibility index (Phi) is 4.91. The summed E-state index contributed by atoms with van der Waals surface area (Å²) in [6.45, 7) is 1.96. The van der Waals surface area contributed by atoms with E-state index in [1.54, 1.807) is 11.3 Å². The molecule has 3 nitrogen and oxygen atoms in total. The van der Waals surface area contributed by atoms with Crippen LogP contribution in [-0.2, 0) is 17.6 Å². The van der Waals surface area contributed by atoms with Gasteiger partial charge in [0.05, 0.1) is 6.04 Å². The fourth-order valence-corrected chi connectivity index (χ4v) is 3.77. The summed E-state index contributed by atoms with van der Waals surface area (Å²) in [5, 5.41) is 4.95. The van der Waals surface area contributed by atoms with Crippen molar-refractivity contribution in [2.45, 2.75) is 45.1 Å². The van der Waals surface area contributed by atoms with Gasteiger partial charge in [-0.1, -0.05) is 18.2 Å². The van der Waals surface area contributed by atoms with Crippen molar-refractivity contribution in [2.75, 3.05) is 0 Å². The van der Waals surface area contributed by atoms with Gasteiger partial charge in [-0.3, -0.25) is 9.59 Å². The Morgan fingerprint density at radius 2 is 2.00 bits per heavy atom. The molecule has 1 aromatic heterocycles. The monoisotopic (exact) mass is 327 g/mol. The molecule has 0 unspecified atom stereocenters. The van der Waals surface area contributed by atoms with Gasteiger partial charge in [0, 0.05) is 23.3 Å². The SMILES string of the molecule is C[C@@H](NC(=O)CCC(=O)c1ccc2c(c1)CCC2)c1cccs1. The number of aryl methyl sites for hydroxylation is 2. The lowest BCUT2D eigenvalue weighted by Crippen LogP contribution is -2.26. The van der Waals surface area contributed by atoms with Gasteiger partial charge in [-0.05, 0) is 54.8 Å². The van der Waals surface area contributed by atoms with Gasteiger partial charge in [0.25, 0.3) is 0 Å². The minimum atomic E-state index is -0.0691. The second-order valence-electron chi connectivity index (χ2n) is 6.06. The molecule has 120 valence electrons. The molecular formula is C19H21NO2S. The molecule has 1 amide bonds. The van der Waals surface area contributed by atoms with Gasteiger partial charge in [0.2, 0.25) is 5.91 Å². The van der Waals surface area contributed by atoms with Crippen molar-refractivity contribution in [1.29, 1.82) is 0 Å². The van der Waals surface area contributed by atoms with Crippen molar-refractivity contribution in [3.8, 4) is 0 Å². The summed E-state index contributed by atoms with van der Waals surface area (Å²) in [5.74, 6) is -0.0148. The first-order valence-electron chi connectivity index (χ1n) is 8.11. The zero-order valence-corrected chi connectivity index (χ0v) is 14.1. The number of amides is 1. The number of nitrogens with one attached hydrogen (secondary N) is 1. The normalized spacial score (nSPS) is 14.3. The first-order valence-corrected chi connectivity index (χ1v) is 8.99. The number of ketones is 1. The molecule has 1 aromatic carbocycles. The molecule has 1 heterocycles. The van der Waals surface area contributed by atoms with E-state index in [0.717, 1.165) is 23.3 Å². The predicted octanol–water partition coefficient (Wildman–Crippen LogP) is 4.08. The lowest BCUT2D eigenvalue weighted by atomic mass is 10.0. The van der Waals surface area contributed by atoms with E-state index in [1.807, 2.05) is 36.6 Å². The fourth-order valence-electron chi connectivity index (χ4n) is 3.04. The second-order valence-corrected chi connectivity index (χ2v) is 7.04. The lowest BCUT2D eigenvalue weighted by molar-refractivity contribution is -0.121. The maximum absolute atomic E-state index is 12.3. The van der Waals surface area contributed by atoms with Gasteiger partial charge in [0.15, 0.2) is 5.78 Å². The summed E-state index contributed by atoms with van der Waals surface area (Å²) < 4.78 is 0. The molecule has 1 aliphatic rings. The minimum absolute atomic E-state index is 0.00223. The van der Waals surface area contributed by atoms with E-state index in [1.165, 1.54) is 17.5 Å². The zero-order valence-electron chi connectivity index (χ0n) is 13.3. The molecule has 2 aromatic rings. The Hall–Kier alpha value is -1.94. The summed E-state index contributed by atoms with van der Waals surface area (Å²) in [7, 11) is 0. The quantitative estimate of drug-likeness (QED) is 0.813. The molecule has 0 saturated heterocycles. The third-order valence-corrected chi connectivity index (χ3v) is 5.40. The van der Waals surface area contributed by atoms with E-state index in [4.69, 9.17) is 0 Å². The standard InChI is InChI=1S/C19H21NO2S/c1-13(18-6-3-11-23-18)20-19(22)10-9-17(21)16-8-7-14-4-2-5-15(14)12-16/h3,6-8,11-13H,2,4-5,9-10H2,1H3,(H,20,22)/t13-/m1/s1. The number of carbonyl (C=O) groups excluding carboxylic acids is 2. The van der Waals surface area contributed by atoms with Crippen LogP contribution < -0.4 is 5.32 Å². The van der Waals surface area contributed by atoms with Gasteiger partial charge in [0.1, 0.15) is 0 Å². The molecule has 23 heavy (non-hydrogen) atoms. The van der Waals surface area contributed by atoms with Crippen molar-refractivity contribution in [3.05, 3.63) is 57.3 Å². The highest BCUT2D eigenvalue weighted by Crippen LogP contribution is 2.23. The van der Waals surface area contributed by atoms with Crippen molar-refractivity contribution < 1.29 is 9.59 Å². The first-order chi connectivity index (χ1) is 11.1. The van der Waals surface area contributed by atoms with Crippen LogP contribution in [0.4, 0.5) is 0 Å². The second kappa shape index (κ2) is 7.09. The molecular weight excluding hydrogens is 306 g/mol. The number of Topliss-reactive ketones (excluding diaryl/α,β-unsaturated/α-hetero) is 1. The highest BCUT2D eigenvalue weighted by atomic mass is 32.1. The Balaban J connectivity index is 1.51. The van der Waals surface area contributed by atoms with Crippen molar-refractivity contribution in [1.82, 2.24) is 5.32 Å². The number of hydrogen-bond acceptors (Lipinski definition) is 3. The Morgan fingerprint density at radius 1 is 1.17 bits per heavy atom. The highest BCUT2D eigenvalue weighted by Gasteiger charge is 2.16. The molecule has 0 bridgehead atoms. The van der Waals surface area contributed by atoms with Gasteiger partial charge in [-0.25, -0.2) is 0 Å². The first kappa shape index (κ1) is 15.9. The van der Waals surface area contributed by atoms with Gasteiger partial charge in [-0.15, -0.1) is 11.3 Å². The smallest absolute Gasteiger partial charge is 0.220 e. The van der Waals surface area contributed by atoms with Crippen molar-refractivity contribution >= 4 is 23.0 Å². The maximum Gasteiger partial charge on any atom is 0.220 e. The van der Waals surface area contributed by atoms with Crippen LogP contribution in [-0.4, -0.2) is 11.7 Å². The summed E-state index contributed by atoms with van der Waals surface area (Å²) in [4.78, 5) is 25.4. The Morgan fingerprint density at radius 3 is 2.78 bits per heavy atom. The molecule has 3 rings (SSSR count). The average Bonchev–Trinajstić information content (AvgIpc) is 3.22. The van der Waals surface area contributed by atoms with Gasteiger partial charge < -0.3 is 5.32 Å². The molecule has 0 aliphatic heterocycles. The maximum atomic E-state index is 12.3. The Bertz CT molecular complexity index is 706. The van der Waals surface area contributed by atoms with E-state index in [-0.39, 0.29) is 30.6 Å². The van der Waals surface area contributed by atoms with E-state index >= 15 is 0 Å². The molecule has 4 heteroatoms. The highest BCUT2D eigenvalue weighted by molar-refractivity contribution is 7.10. The molecule has 0 spiro atoms.